The summed E-state index contributed by atoms with van der Waals surface area (Å²) in [5.74, 6) is 1.50. The molecule has 0 unspecified atom stereocenters. The summed E-state index contributed by atoms with van der Waals surface area (Å²) in [6.45, 7) is 12.5. The van der Waals surface area contributed by atoms with Gasteiger partial charge in [0.25, 0.3) is 0 Å². The Balaban J connectivity index is 1.38. The van der Waals surface area contributed by atoms with Gasteiger partial charge in [-0.05, 0) is 30.7 Å². The Morgan fingerprint density at radius 2 is 1.52 bits per heavy atom. The molecule has 0 saturated carbocycles. The van der Waals surface area contributed by atoms with Crippen LogP contribution in [0.2, 0.25) is 0 Å². The van der Waals surface area contributed by atoms with E-state index in [1.54, 1.807) is 0 Å². The average molecular weight is 401 g/mol. The van der Waals surface area contributed by atoms with Crippen LogP contribution >= 0.6 is 0 Å². The molecule has 1 N–H and O–H groups in total. The van der Waals surface area contributed by atoms with Crippen molar-refractivity contribution < 1.29 is 9.59 Å². The van der Waals surface area contributed by atoms with Crippen molar-refractivity contribution in [3.8, 4) is 0 Å². The van der Waals surface area contributed by atoms with Crippen molar-refractivity contribution in [2.45, 2.75) is 33.2 Å². The van der Waals surface area contributed by atoms with E-state index < -0.39 is 0 Å². The van der Waals surface area contributed by atoms with Crippen LogP contribution < -0.4 is 5.32 Å². The molecule has 3 rings (SSSR count). The summed E-state index contributed by atoms with van der Waals surface area (Å²) in [5, 5.41) is 3.08. The second-order valence-electron chi connectivity index (χ2n) is 9.00. The number of benzene rings is 1. The number of nitrogens with one attached hydrogen (secondary N) is 1. The number of likely N-dealkylation sites (tertiary alicyclic amines) is 1. The molecule has 0 radical (unpaired) electrons. The third-order valence-electron chi connectivity index (χ3n) is 6.09. The van der Waals surface area contributed by atoms with E-state index in [0.717, 1.165) is 44.8 Å². The van der Waals surface area contributed by atoms with E-state index in [4.69, 9.17) is 0 Å². The minimum atomic E-state index is 0.0111. The Hall–Kier alpha value is -1.92. The standard InChI is InChI=1S/C23H36N4O2/c1-18-13-19(2)15-27(14-18)23(29)17-26-11-9-25(10-12-26)16-22(28)24-20(3)21-7-5-4-6-8-21/h4-8,18-20H,9-17H2,1-3H3,(H,24,28)/t18-,19-,20+/m1/s1. The van der Waals surface area contributed by atoms with Crippen LogP contribution in [-0.2, 0) is 9.59 Å². The molecule has 2 fully saturated rings. The predicted molar refractivity (Wildman–Crippen MR) is 115 cm³/mol. The van der Waals surface area contributed by atoms with Gasteiger partial charge in [0.15, 0.2) is 0 Å². The minimum Gasteiger partial charge on any atom is -0.348 e. The first kappa shape index (κ1) is 21.8. The highest BCUT2D eigenvalue weighted by atomic mass is 16.2. The van der Waals surface area contributed by atoms with Gasteiger partial charge in [0.1, 0.15) is 0 Å². The Bertz CT molecular complexity index is 663. The number of carbonyl (C=O) groups is 2. The van der Waals surface area contributed by atoms with Crippen LogP contribution in [0.4, 0.5) is 0 Å². The second kappa shape index (κ2) is 10.2. The van der Waals surface area contributed by atoms with Gasteiger partial charge in [0.05, 0.1) is 19.1 Å². The highest BCUT2D eigenvalue weighted by Gasteiger charge is 2.27. The van der Waals surface area contributed by atoms with E-state index in [1.807, 2.05) is 42.2 Å². The van der Waals surface area contributed by atoms with E-state index in [9.17, 15) is 9.59 Å². The van der Waals surface area contributed by atoms with Crippen LogP contribution in [0.1, 0.15) is 38.8 Å². The van der Waals surface area contributed by atoms with Crippen LogP contribution in [0.25, 0.3) is 0 Å². The fourth-order valence-electron chi connectivity index (χ4n) is 4.58. The molecule has 2 aliphatic rings. The first-order chi connectivity index (χ1) is 13.9. The topological polar surface area (TPSA) is 55.9 Å². The molecule has 6 nitrogen and oxygen atoms in total. The van der Waals surface area contributed by atoms with Gasteiger partial charge in [0, 0.05) is 39.3 Å². The number of nitrogens with zero attached hydrogens (tertiary/aromatic N) is 3. The van der Waals surface area contributed by atoms with Gasteiger partial charge in [0.2, 0.25) is 11.8 Å². The second-order valence-corrected chi connectivity index (χ2v) is 9.00. The molecule has 2 aliphatic heterocycles. The SMILES string of the molecule is C[C@@H]1C[C@@H](C)CN(C(=O)CN2CCN(CC(=O)N[C@@H](C)c3ccccc3)CC2)C1. The minimum absolute atomic E-state index is 0.0111. The van der Waals surface area contributed by atoms with Crippen LogP contribution in [0.5, 0.6) is 0 Å². The average Bonchev–Trinajstić information content (AvgIpc) is 2.69. The smallest absolute Gasteiger partial charge is 0.236 e. The molecule has 6 heteroatoms. The normalized spacial score (nSPS) is 24.9. The molecule has 2 heterocycles. The molecule has 0 bridgehead atoms. The Labute approximate surface area is 175 Å². The molecule has 3 atom stereocenters. The maximum Gasteiger partial charge on any atom is 0.236 e. The highest BCUT2D eigenvalue weighted by molar-refractivity contribution is 5.79. The fraction of sp³-hybridized carbons (Fsp3) is 0.652. The molecule has 2 amide bonds. The van der Waals surface area contributed by atoms with Crippen LogP contribution in [-0.4, -0.2) is 78.9 Å². The summed E-state index contributed by atoms with van der Waals surface area (Å²) in [4.78, 5) is 31.5. The number of hydrogen-bond acceptors (Lipinski definition) is 4. The zero-order chi connectivity index (χ0) is 20.8. The Morgan fingerprint density at radius 3 is 2.10 bits per heavy atom. The van der Waals surface area contributed by atoms with Gasteiger partial charge >= 0.3 is 0 Å². The largest absolute Gasteiger partial charge is 0.348 e. The quantitative estimate of drug-likeness (QED) is 0.793. The van der Waals surface area contributed by atoms with E-state index in [2.05, 4.69) is 29.0 Å². The van der Waals surface area contributed by atoms with Crippen molar-refractivity contribution in [2.75, 3.05) is 52.4 Å². The first-order valence-corrected chi connectivity index (χ1v) is 11.0. The molecule has 1 aromatic carbocycles. The van der Waals surface area contributed by atoms with E-state index in [1.165, 1.54) is 6.42 Å². The van der Waals surface area contributed by atoms with Crippen LogP contribution in [0.15, 0.2) is 30.3 Å². The maximum absolute atomic E-state index is 12.7. The zero-order valence-corrected chi connectivity index (χ0v) is 18.1. The van der Waals surface area contributed by atoms with Crippen molar-refractivity contribution in [1.29, 1.82) is 0 Å². The molecular weight excluding hydrogens is 364 g/mol. The van der Waals surface area contributed by atoms with Crippen LogP contribution in [0, 0.1) is 11.8 Å². The van der Waals surface area contributed by atoms with Gasteiger partial charge in [-0.1, -0.05) is 44.2 Å². The first-order valence-electron chi connectivity index (χ1n) is 11.0. The van der Waals surface area contributed by atoms with Crippen molar-refractivity contribution in [1.82, 2.24) is 20.0 Å². The van der Waals surface area contributed by atoms with Gasteiger partial charge in [-0.2, -0.15) is 0 Å². The predicted octanol–water partition coefficient (Wildman–Crippen LogP) is 1.99. The lowest BCUT2D eigenvalue weighted by Gasteiger charge is -2.38. The number of piperazine rings is 1. The fourth-order valence-corrected chi connectivity index (χ4v) is 4.58. The Kier molecular flexibility index (Phi) is 7.67. The summed E-state index contributed by atoms with van der Waals surface area (Å²) >= 11 is 0. The summed E-state index contributed by atoms with van der Waals surface area (Å²) in [7, 11) is 0. The monoisotopic (exact) mass is 400 g/mol. The molecule has 0 aliphatic carbocycles. The molecule has 0 spiro atoms. The third-order valence-corrected chi connectivity index (χ3v) is 6.09. The van der Waals surface area contributed by atoms with Crippen molar-refractivity contribution >= 4 is 11.8 Å². The lowest BCUT2D eigenvalue weighted by Crippen LogP contribution is -2.53. The van der Waals surface area contributed by atoms with Crippen molar-refractivity contribution in [3.05, 3.63) is 35.9 Å². The molecule has 160 valence electrons. The van der Waals surface area contributed by atoms with Crippen LogP contribution in [0.3, 0.4) is 0 Å². The molecule has 0 aromatic heterocycles. The molecule has 2 saturated heterocycles. The number of amides is 2. The summed E-state index contributed by atoms with van der Waals surface area (Å²) in [6.07, 6.45) is 1.22. The third kappa shape index (κ3) is 6.54. The Morgan fingerprint density at radius 1 is 0.966 bits per heavy atom. The van der Waals surface area contributed by atoms with Crippen molar-refractivity contribution in [3.63, 3.8) is 0 Å². The zero-order valence-electron chi connectivity index (χ0n) is 18.1. The summed E-state index contributed by atoms with van der Waals surface area (Å²) in [5.41, 5.74) is 1.12. The number of piperidine rings is 1. The number of rotatable bonds is 6. The van der Waals surface area contributed by atoms with Crippen molar-refractivity contribution in [2.24, 2.45) is 11.8 Å². The number of hydrogen-bond donors (Lipinski definition) is 1. The van der Waals surface area contributed by atoms with Gasteiger partial charge in [-0.3, -0.25) is 19.4 Å². The van der Waals surface area contributed by atoms with E-state index in [0.29, 0.717) is 24.9 Å². The van der Waals surface area contributed by atoms with Gasteiger partial charge in [-0.25, -0.2) is 0 Å². The van der Waals surface area contributed by atoms with Gasteiger partial charge in [-0.15, -0.1) is 0 Å². The van der Waals surface area contributed by atoms with E-state index in [-0.39, 0.29) is 17.9 Å². The molecule has 1 aromatic rings. The van der Waals surface area contributed by atoms with E-state index >= 15 is 0 Å². The summed E-state index contributed by atoms with van der Waals surface area (Å²) < 4.78 is 0. The molecular formula is C23H36N4O2. The maximum atomic E-state index is 12.7. The van der Waals surface area contributed by atoms with Gasteiger partial charge < -0.3 is 10.2 Å². The summed E-state index contributed by atoms with van der Waals surface area (Å²) in [6, 6.07) is 10.0. The highest BCUT2D eigenvalue weighted by Crippen LogP contribution is 2.21. The lowest BCUT2D eigenvalue weighted by molar-refractivity contribution is -0.135. The number of carbonyl (C=O) groups excluding carboxylic acids is 2. The lowest BCUT2D eigenvalue weighted by atomic mass is 9.92. The molecule has 29 heavy (non-hydrogen) atoms.